The number of nitrogens with two attached hydrogens (primary N) is 1. The maximum Gasteiger partial charge on any atom is 0.0485 e. The smallest absolute Gasteiger partial charge is 0.0485 e. The second-order valence-corrected chi connectivity index (χ2v) is 4.35. The second-order valence-electron chi connectivity index (χ2n) is 4.35. The second kappa shape index (κ2) is 4.71. The van der Waals surface area contributed by atoms with Gasteiger partial charge in [-0.25, -0.2) is 0 Å². The largest absolute Gasteiger partial charge is 0.342 e. The lowest BCUT2D eigenvalue weighted by molar-refractivity contribution is 0.464. The van der Waals surface area contributed by atoms with Crippen LogP contribution in [0.2, 0.25) is 0 Å². The molecule has 0 aliphatic rings. The van der Waals surface area contributed by atoms with E-state index >= 15 is 0 Å². The van der Waals surface area contributed by atoms with E-state index in [9.17, 15) is 0 Å². The summed E-state index contributed by atoms with van der Waals surface area (Å²) in [6, 6.07) is 11.4. The molecule has 0 amide bonds. The van der Waals surface area contributed by atoms with Crippen molar-refractivity contribution in [1.82, 2.24) is 4.57 Å². The number of aromatic nitrogens is 1. The molecule has 2 aromatic rings. The molecule has 2 N–H and O–H groups in total. The average molecular weight is 216 g/mol. The fraction of sp³-hybridized carbons (Fsp3) is 0.429. The Morgan fingerprint density at radius 2 is 2.06 bits per heavy atom. The van der Waals surface area contributed by atoms with Crippen molar-refractivity contribution in [3.63, 3.8) is 0 Å². The Morgan fingerprint density at radius 3 is 2.75 bits per heavy atom. The van der Waals surface area contributed by atoms with Crippen LogP contribution in [-0.2, 0) is 0 Å². The Morgan fingerprint density at radius 1 is 1.31 bits per heavy atom. The summed E-state index contributed by atoms with van der Waals surface area (Å²) in [5.74, 6) is 0. The molecule has 1 aromatic carbocycles. The first-order valence-corrected chi connectivity index (χ1v) is 6.04. The van der Waals surface area contributed by atoms with Crippen LogP contribution in [0.3, 0.4) is 0 Å². The maximum atomic E-state index is 5.69. The zero-order valence-corrected chi connectivity index (χ0v) is 10.1. The SMILES string of the molecule is CCC(CCN)n1c(C)cc2ccccc21. The van der Waals surface area contributed by atoms with Gasteiger partial charge in [-0.2, -0.15) is 0 Å². The molecule has 2 rings (SSSR count). The average Bonchev–Trinajstić information content (AvgIpc) is 2.62. The van der Waals surface area contributed by atoms with Crippen LogP contribution in [0.4, 0.5) is 0 Å². The fourth-order valence-corrected chi connectivity index (χ4v) is 2.51. The van der Waals surface area contributed by atoms with Gasteiger partial charge in [-0.05, 0) is 43.8 Å². The summed E-state index contributed by atoms with van der Waals surface area (Å²) in [6.45, 7) is 5.16. The molecular formula is C14H20N2. The molecule has 0 spiro atoms. The van der Waals surface area contributed by atoms with Gasteiger partial charge < -0.3 is 10.3 Å². The highest BCUT2D eigenvalue weighted by molar-refractivity contribution is 5.81. The standard InChI is InChI=1S/C14H20N2/c1-3-13(8-9-15)16-11(2)10-12-6-4-5-7-14(12)16/h4-7,10,13H,3,8-9,15H2,1-2H3. The quantitative estimate of drug-likeness (QED) is 0.835. The minimum Gasteiger partial charge on any atom is -0.342 e. The van der Waals surface area contributed by atoms with Gasteiger partial charge in [0, 0.05) is 17.3 Å². The molecule has 0 fully saturated rings. The summed E-state index contributed by atoms with van der Waals surface area (Å²) in [4.78, 5) is 0. The number of benzene rings is 1. The predicted octanol–water partition coefficient (Wildman–Crippen LogP) is 3.25. The first kappa shape index (κ1) is 11.2. The number of para-hydroxylation sites is 1. The fourth-order valence-electron chi connectivity index (χ4n) is 2.51. The van der Waals surface area contributed by atoms with E-state index in [2.05, 4.69) is 48.7 Å². The van der Waals surface area contributed by atoms with E-state index < -0.39 is 0 Å². The molecular weight excluding hydrogens is 196 g/mol. The van der Waals surface area contributed by atoms with Gasteiger partial charge >= 0.3 is 0 Å². The highest BCUT2D eigenvalue weighted by Gasteiger charge is 2.13. The van der Waals surface area contributed by atoms with Crippen LogP contribution in [-0.4, -0.2) is 11.1 Å². The van der Waals surface area contributed by atoms with Crippen molar-refractivity contribution in [3.05, 3.63) is 36.0 Å². The van der Waals surface area contributed by atoms with E-state index in [1.807, 2.05) is 0 Å². The van der Waals surface area contributed by atoms with Crippen LogP contribution in [0, 0.1) is 6.92 Å². The van der Waals surface area contributed by atoms with Gasteiger partial charge in [0.25, 0.3) is 0 Å². The van der Waals surface area contributed by atoms with Crippen LogP contribution in [0.5, 0.6) is 0 Å². The Bertz CT molecular complexity index is 471. The van der Waals surface area contributed by atoms with E-state index in [4.69, 9.17) is 5.73 Å². The summed E-state index contributed by atoms with van der Waals surface area (Å²) in [6.07, 6.45) is 2.19. The van der Waals surface area contributed by atoms with Crippen molar-refractivity contribution < 1.29 is 0 Å². The van der Waals surface area contributed by atoms with Gasteiger partial charge in [-0.1, -0.05) is 25.1 Å². The minimum atomic E-state index is 0.532. The maximum absolute atomic E-state index is 5.69. The lowest BCUT2D eigenvalue weighted by Gasteiger charge is -2.19. The number of aryl methyl sites for hydroxylation is 1. The number of hydrogen-bond acceptors (Lipinski definition) is 1. The first-order valence-electron chi connectivity index (χ1n) is 6.04. The van der Waals surface area contributed by atoms with Crippen molar-refractivity contribution in [3.8, 4) is 0 Å². The molecule has 0 saturated heterocycles. The van der Waals surface area contributed by atoms with Crippen molar-refractivity contribution in [2.24, 2.45) is 5.73 Å². The van der Waals surface area contributed by atoms with Gasteiger partial charge in [0.15, 0.2) is 0 Å². The lowest BCUT2D eigenvalue weighted by Crippen LogP contribution is -2.14. The van der Waals surface area contributed by atoms with Gasteiger partial charge in [0.05, 0.1) is 0 Å². The molecule has 2 nitrogen and oxygen atoms in total. The number of hydrogen-bond donors (Lipinski definition) is 1. The van der Waals surface area contributed by atoms with Crippen molar-refractivity contribution in [1.29, 1.82) is 0 Å². The third kappa shape index (κ3) is 1.85. The van der Waals surface area contributed by atoms with E-state index in [0.717, 1.165) is 19.4 Å². The van der Waals surface area contributed by atoms with E-state index in [0.29, 0.717) is 6.04 Å². The normalized spacial score (nSPS) is 13.2. The summed E-state index contributed by atoms with van der Waals surface area (Å²) < 4.78 is 2.43. The molecule has 0 aliphatic heterocycles. The molecule has 1 aromatic heterocycles. The summed E-state index contributed by atoms with van der Waals surface area (Å²) in [5, 5.41) is 1.33. The van der Waals surface area contributed by atoms with Gasteiger partial charge in [-0.15, -0.1) is 0 Å². The Balaban J connectivity index is 2.53. The van der Waals surface area contributed by atoms with Gasteiger partial charge in [0.2, 0.25) is 0 Å². The lowest BCUT2D eigenvalue weighted by atomic mass is 10.1. The molecule has 0 radical (unpaired) electrons. The highest BCUT2D eigenvalue weighted by Crippen LogP contribution is 2.26. The van der Waals surface area contributed by atoms with Crippen molar-refractivity contribution in [2.75, 3.05) is 6.54 Å². The molecule has 2 heteroatoms. The molecule has 1 heterocycles. The van der Waals surface area contributed by atoms with Crippen LogP contribution in [0.1, 0.15) is 31.5 Å². The van der Waals surface area contributed by atoms with Crippen molar-refractivity contribution >= 4 is 10.9 Å². The first-order chi connectivity index (χ1) is 7.77. The predicted molar refractivity (Wildman–Crippen MR) is 69.7 cm³/mol. The monoisotopic (exact) mass is 216 g/mol. The number of rotatable bonds is 4. The van der Waals surface area contributed by atoms with E-state index in [-0.39, 0.29) is 0 Å². The Hall–Kier alpha value is -1.28. The van der Waals surface area contributed by atoms with Crippen molar-refractivity contribution in [2.45, 2.75) is 32.7 Å². The van der Waals surface area contributed by atoms with Gasteiger partial charge in [0.1, 0.15) is 0 Å². The number of nitrogens with zero attached hydrogens (tertiary/aromatic N) is 1. The molecule has 0 saturated carbocycles. The topological polar surface area (TPSA) is 30.9 Å². The summed E-state index contributed by atoms with van der Waals surface area (Å²) in [7, 11) is 0. The van der Waals surface area contributed by atoms with Crippen LogP contribution in [0.15, 0.2) is 30.3 Å². The zero-order chi connectivity index (χ0) is 11.5. The third-order valence-corrected chi connectivity index (χ3v) is 3.28. The summed E-state index contributed by atoms with van der Waals surface area (Å²) >= 11 is 0. The summed E-state index contributed by atoms with van der Waals surface area (Å²) in [5.41, 5.74) is 8.36. The molecule has 0 bridgehead atoms. The third-order valence-electron chi connectivity index (χ3n) is 3.28. The molecule has 16 heavy (non-hydrogen) atoms. The molecule has 1 unspecified atom stereocenters. The minimum absolute atomic E-state index is 0.532. The molecule has 86 valence electrons. The van der Waals surface area contributed by atoms with E-state index in [1.165, 1.54) is 16.6 Å². The number of fused-ring (bicyclic) bond motifs is 1. The Labute approximate surface area is 97.1 Å². The van der Waals surface area contributed by atoms with Gasteiger partial charge in [-0.3, -0.25) is 0 Å². The van der Waals surface area contributed by atoms with E-state index in [1.54, 1.807) is 0 Å². The van der Waals surface area contributed by atoms with Crippen LogP contribution in [0.25, 0.3) is 10.9 Å². The zero-order valence-electron chi connectivity index (χ0n) is 10.1. The van der Waals surface area contributed by atoms with Crippen LogP contribution >= 0.6 is 0 Å². The Kier molecular flexibility index (Phi) is 3.30. The van der Waals surface area contributed by atoms with Crippen LogP contribution < -0.4 is 5.73 Å². The molecule has 0 aliphatic carbocycles. The molecule has 1 atom stereocenters. The highest BCUT2D eigenvalue weighted by atomic mass is 15.0.